The molecule has 0 spiro atoms. The maximum absolute atomic E-state index is 5.27. The summed E-state index contributed by atoms with van der Waals surface area (Å²) in [7, 11) is 0. The zero-order valence-corrected chi connectivity index (χ0v) is 49.1. The zero-order valence-electron chi connectivity index (χ0n) is 47.5. The molecular weight excluding hydrogens is 1110 g/mol. The lowest BCUT2D eigenvalue weighted by atomic mass is 9.96. The lowest BCUT2D eigenvalue weighted by Crippen LogP contribution is -2.11. The molecule has 18 rings (SSSR count). The van der Waals surface area contributed by atoms with Gasteiger partial charge in [0.25, 0.3) is 0 Å². The fourth-order valence-electron chi connectivity index (χ4n) is 13.6. The second-order valence-corrected chi connectivity index (χ2v) is 25.1. The lowest BCUT2D eigenvalue weighted by Gasteiger charge is -2.26. The monoisotopic (exact) mass is 1150 g/mol. The molecule has 4 nitrogen and oxygen atoms in total. The Morgan fingerprint density at radius 2 is 0.693 bits per heavy atom. The molecule has 0 fully saturated rings. The summed E-state index contributed by atoms with van der Waals surface area (Å²) in [5.74, 6) is 0.868. The first-order valence-corrected chi connectivity index (χ1v) is 31.4. The van der Waals surface area contributed by atoms with Crippen molar-refractivity contribution < 1.29 is 0 Å². The first kappa shape index (κ1) is 50.3. The minimum Gasteiger partial charge on any atom is -0.310 e. The van der Waals surface area contributed by atoms with E-state index in [-0.39, 0.29) is 0 Å². The molecule has 0 saturated heterocycles. The largest absolute Gasteiger partial charge is 0.310 e. The van der Waals surface area contributed by atoms with E-state index in [1.807, 2.05) is 12.4 Å². The first-order valence-electron chi connectivity index (χ1n) is 29.8. The third-order valence-electron chi connectivity index (χ3n) is 18.0. The molecule has 6 heteroatoms. The van der Waals surface area contributed by atoms with Crippen molar-refractivity contribution in [3.63, 3.8) is 0 Å². The molecule has 0 atom stereocenters. The maximum Gasteiger partial charge on any atom is 0.138 e. The molecule has 18 aromatic rings. The Bertz CT molecular complexity index is 5810. The molecule has 0 saturated carbocycles. The van der Waals surface area contributed by atoms with Gasteiger partial charge in [0, 0.05) is 78.0 Å². The number of fused-ring (bicyclic) bond motifs is 16. The molecule has 0 radical (unpaired) electrons. The van der Waals surface area contributed by atoms with Crippen LogP contribution in [-0.2, 0) is 0 Å². The number of hydrogen-bond donors (Lipinski definition) is 0. The van der Waals surface area contributed by atoms with Crippen molar-refractivity contribution in [2.24, 2.45) is 0 Å². The fraction of sp³-hybridized carbons (Fsp3) is 0. The van der Waals surface area contributed by atoms with Gasteiger partial charge in [-0.1, -0.05) is 200 Å². The van der Waals surface area contributed by atoms with Crippen LogP contribution in [0.15, 0.2) is 304 Å². The molecule has 0 unspecified atom stereocenters. The van der Waals surface area contributed by atoms with E-state index in [1.165, 1.54) is 128 Å². The van der Waals surface area contributed by atoms with Crippen molar-refractivity contribution >= 4 is 162 Å². The van der Waals surface area contributed by atoms with E-state index >= 15 is 0 Å². The molecule has 410 valence electrons. The number of nitrogens with zero attached hydrogens (tertiary/aromatic N) is 4. The van der Waals surface area contributed by atoms with E-state index in [0.29, 0.717) is 0 Å². The number of anilines is 6. The van der Waals surface area contributed by atoms with Crippen LogP contribution < -0.4 is 9.80 Å². The predicted octanol–water partition coefficient (Wildman–Crippen LogP) is 24.1. The Kier molecular flexibility index (Phi) is 11.6. The van der Waals surface area contributed by atoms with Gasteiger partial charge in [-0.2, -0.15) is 0 Å². The third-order valence-corrected chi connectivity index (χ3v) is 20.2. The molecule has 0 aliphatic carbocycles. The number of aromatic nitrogens is 2. The summed E-state index contributed by atoms with van der Waals surface area (Å²) >= 11 is 3.60. The molecule has 4 heterocycles. The van der Waals surface area contributed by atoms with Gasteiger partial charge in [0.2, 0.25) is 0 Å². The summed E-state index contributed by atoms with van der Waals surface area (Å²) in [4.78, 5) is 14.4. The van der Waals surface area contributed by atoms with Crippen molar-refractivity contribution in [3.05, 3.63) is 304 Å². The van der Waals surface area contributed by atoms with Gasteiger partial charge in [-0.3, -0.25) is 9.88 Å². The van der Waals surface area contributed by atoms with Crippen LogP contribution in [0, 0.1) is 0 Å². The Balaban J connectivity index is 0.681. The van der Waals surface area contributed by atoms with E-state index in [0.717, 1.165) is 44.5 Å². The van der Waals surface area contributed by atoms with E-state index in [4.69, 9.17) is 4.98 Å². The minimum atomic E-state index is 0.868. The highest BCUT2D eigenvalue weighted by molar-refractivity contribution is 7.26. The number of rotatable bonds is 9. The number of thiophene rings is 2. The standard InChI is InChI=1S/C82H50N4S2/c1-2-8-51(9-3-1)53-24-33-63(34-25-53)86(66-36-27-59-19-21-60-20-18-57-11-5-7-13-68(57)82(60)74(59)46-66)81-48-76-71-40-30-61(44-78(71)88-80(76)50-84-81)55-16-14-52(15-17-55)54-22-31-62(32-23-54)85(65-37-41-77-75(47-65)72-42-43-83-49-79(72)87-77)64-35-26-58-29-38-69-67-12-6-4-10-56(67)28-39-70(69)73(58)45-64/h1-50H. The average molecular weight is 1160 g/mol. The van der Waals surface area contributed by atoms with Gasteiger partial charge in [-0.25, -0.2) is 4.98 Å². The molecular formula is C82H50N4S2. The highest BCUT2D eigenvalue weighted by Crippen LogP contribution is 2.46. The van der Waals surface area contributed by atoms with Crippen LogP contribution in [0.25, 0.3) is 138 Å². The van der Waals surface area contributed by atoms with Crippen molar-refractivity contribution in [2.45, 2.75) is 0 Å². The quantitative estimate of drug-likeness (QED) is 0.135. The number of hydrogen-bond acceptors (Lipinski definition) is 6. The summed E-state index contributed by atoms with van der Waals surface area (Å²) < 4.78 is 4.83. The Morgan fingerprint density at radius 3 is 1.43 bits per heavy atom. The van der Waals surface area contributed by atoms with Crippen LogP contribution in [0.4, 0.5) is 34.3 Å². The summed E-state index contributed by atoms with van der Waals surface area (Å²) in [5.41, 5.74) is 12.4. The smallest absolute Gasteiger partial charge is 0.138 e. The Labute approximate surface area is 515 Å². The highest BCUT2D eigenvalue weighted by Gasteiger charge is 2.21. The van der Waals surface area contributed by atoms with Crippen LogP contribution in [0.3, 0.4) is 0 Å². The molecule has 0 aliphatic rings. The van der Waals surface area contributed by atoms with Gasteiger partial charge < -0.3 is 4.90 Å². The summed E-state index contributed by atoms with van der Waals surface area (Å²) in [6, 6.07) is 105. The van der Waals surface area contributed by atoms with Gasteiger partial charge in [0.15, 0.2) is 0 Å². The SMILES string of the molecule is c1ccc(-c2ccc(N(c3ccc4ccc5ccc6ccccc6c5c4c3)c3cc4c(cn3)sc3cc(-c5ccc(-c6ccc(N(c7ccc8ccc9c%10ccccc%10ccc9c8c7)c7ccc8sc9cnccc9c8c7)cc6)cc5)ccc34)cc2)cc1. The van der Waals surface area contributed by atoms with E-state index in [2.05, 4.69) is 306 Å². The second kappa shape index (κ2) is 20.3. The highest BCUT2D eigenvalue weighted by atomic mass is 32.1. The van der Waals surface area contributed by atoms with Crippen molar-refractivity contribution in [1.82, 2.24) is 9.97 Å². The van der Waals surface area contributed by atoms with E-state index < -0.39 is 0 Å². The van der Waals surface area contributed by atoms with Crippen molar-refractivity contribution in [1.29, 1.82) is 0 Å². The van der Waals surface area contributed by atoms with Crippen LogP contribution in [-0.4, -0.2) is 9.97 Å². The number of benzene rings is 14. The summed E-state index contributed by atoms with van der Waals surface area (Å²) in [5, 5.41) is 19.8. The molecule has 4 aromatic heterocycles. The molecule has 0 aliphatic heterocycles. The molecule has 0 N–H and O–H groups in total. The zero-order chi connectivity index (χ0) is 57.8. The van der Waals surface area contributed by atoms with E-state index in [9.17, 15) is 0 Å². The minimum absolute atomic E-state index is 0.868. The van der Waals surface area contributed by atoms with Crippen LogP contribution in [0.1, 0.15) is 0 Å². The maximum atomic E-state index is 5.27. The van der Waals surface area contributed by atoms with Crippen LogP contribution in [0.5, 0.6) is 0 Å². The second-order valence-electron chi connectivity index (χ2n) is 22.9. The van der Waals surface area contributed by atoms with Gasteiger partial charge in [-0.05, 0) is 183 Å². The average Bonchev–Trinajstić information content (AvgIpc) is 1.27. The van der Waals surface area contributed by atoms with Gasteiger partial charge in [-0.15, -0.1) is 22.7 Å². The Morgan fingerprint density at radius 1 is 0.239 bits per heavy atom. The molecule has 14 aromatic carbocycles. The number of pyridine rings is 2. The third kappa shape index (κ3) is 8.40. The van der Waals surface area contributed by atoms with Gasteiger partial charge in [0.1, 0.15) is 5.82 Å². The van der Waals surface area contributed by atoms with Gasteiger partial charge >= 0.3 is 0 Å². The molecule has 0 bridgehead atoms. The van der Waals surface area contributed by atoms with Crippen LogP contribution in [0.2, 0.25) is 0 Å². The van der Waals surface area contributed by atoms with E-state index in [1.54, 1.807) is 22.7 Å². The molecule has 88 heavy (non-hydrogen) atoms. The normalized spacial score (nSPS) is 11.9. The Hall–Kier alpha value is -11.0. The summed E-state index contributed by atoms with van der Waals surface area (Å²) in [6.07, 6.45) is 5.94. The topological polar surface area (TPSA) is 32.3 Å². The van der Waals surface area contributed by atoms with Crippen molar-refractivity contribution in [2.75, 3.05) is 9.80 Å². The summed E-state index contributed by atoms with van der Waals surface area (Å²) in [6.45, 7) is 0. The predicted molar refractivity (Wildman–Crippen MR) is 379 cm³/mol. The first-order chi connectivity index (χ1) is 43.6. The van der Waals surface area contributed by atoms with Crippen LogP contribution >= 0.6 is 22.7 Å². The molecule has 0 amide bonds. The van der Waals surface area contributed by atoms with Gasteiger partial charge in [0.05, 0.1) is 9.40 Å². The van der Waals surface area contributed by atoms with Crippen molar-refractivity contribution in [3.8, 4) is 33.4 Å². The fourth-order valence-corrected chi connectivity index (χ4v) is 15.7. The lowest BCUT2D eigenvalue weighted by molar-refractivity contribution is 1.20.